The molecule has 0 radical (unpaired) electrons. The van der Waals surface area contributed by atoms with Gasteiger partial charge >= 0.3 is 0 Å². The molecule has 1 amide bonds. The van der Waals surface area contributed by atoms with Crippen molar-refractivity contribution in [3.63, 3.8) is 0 Å². The van der Waals surface area contributed by atoms with E-state index in [-0.39, 0.29) is 11.9 Å². The summed E-state index contributed by atoms with van der Waals surface area (Å²) < 4.78 is 0. The van der Waals surface area contributed by atoms with Gasteiger partial charge in [0, 0.05) is 31.9 Å². The van der Waals surface area contributed by atoms with Gasteiger partial charge < -0.3 is 15.5 Å². The number of amides is 1. The zero-order chi connectivity index (χ0) is 14.4. The van der Waals surface area contributed by atoms with E-state index in [1.54, 1.807) is 13.1 Å². The van der Waals surface area contributed by atoms with Crippen molar-refractivity contribution < 1.29 is 4.79 Å². The van der Waals surface area contributed by atoms with Crippen molar-refractivity contribution in [3.8, 4) is 0 Å². The maximum atomic E-state index is 12.7. The second kappa shape index (κ2) is 7.14. The monoisotopic (exact) mass is 263 g/mol. The zero-order valence-corrected chi connectivity index (χ0v) is 12.3. The van der Waals surface area contributed by atoms with Crippen LogP contribution in [0.5, 0.6) is 0 Å². The third-order valence-corrected chi connectivity index (χ3v) is 3.31. The van der Waals surface area contributed by atoms with Crippen LogP contribution in [0.3, 0.4) is 0 Å². The van der Waals surface area contributed by atoms with Crippen LogP contribution in [0.2, 0.25) is 0 Å². The van der Waals surface area contributed by atoms with E-state index in [1.165, 1.54) is 0 Å². The average Bonchev–Trinajstić information content (AvgIpc) is 2.58. The van der Waals surface area contributed by atoms with Crippen LogP contribution >= 0.6 is 0 Å². The van der Waals surface area contributed by atoms with Crippen LogP contribution in [0.1, 0.15) is 20.3 Å². The topological polar surface area (TPSA) is 44.4 Å². The molecule has 0 aromatic carbocycles. The predicted octanol–water partition coefficient (Wildman–Crippen LogP) is 1.43. The average molecular weight is 263 g/mol. The zero-order valence-electron chi connectivity index (χ0n) is 12.3. The van der Waals surface area contributed by atoms with Crippen molar-refractivity contribution in [2.45, 2.75) is 26.3 Å². The summed E-state index contributed by atoms with van der Waals surface area (Å²) in [7, 11) is 1.77. The molecule has 19 heavy (non-hydrogen) atoms. The Morgan fingerprint density at radius 3 is 2.68 bits per heavy atom. The van der Waals surface area contributed by atoms with E-state index in [0.717, 1.165) is 31.6 Å². The molecule has 1 aliphatic rings. The Morgan fingerprint density at radius 1 is 1.42 bits per heavy atom. The summed E-state index contributed by atoms with van der Waals surface area (Å²) in [5.74, 6) is 0.0264. The lowest BCUT2D eigenvalue weighted by Crippen LogP contribution is -2.41. The third kappa shape index (κ3) is 4.24. The number of nitrogens with one attached hydrogen (secondary N) is 2. The van der Waals surface area contributed by atoms with Gasteiger partial charge in [-0.3, -0.25) is 4.79 Å². The van der Waals surface area contributed by atoms with Gasteiger partial charge in [-0.2, -0.15) is 0 Å². The Bertz CT molecular complexity index is 398. The first-order valence-electron chi connectivity index (χ1n) is 6.73. The molecule has 4 nitrogen and oxygen atoms in total. The first-order valence-corrected chi connectivity index (χ1v) is 6.73. The summed E-state index contributed by atoms with van der Waals surface area (Å²) in [5, 5.41) is 6.27. The molecule has 4 heteroatoms. The number of allylic oxidation sites excluding steroid dienone is 2. The maximum absolute atomic E-state index is 12.7. The molecule has 1 atom stereocenters. The van der Waals surface area contributed by atoms with Crippen molar-refractivity contribution in [3.05, 3.63) is 36.1 Å². The van der Waals surface area contributed by atoms with Gasteiger partial charge in [0.1, 0.15) is 0 Å². The Labute approximate surface area is 116 Å². The second-order valence-electron chi connectivity index (χ2n) is 5.02. The van der Waals surface area contributed by atoms with Gasteiger partial charge in [0.05, 0.1) is 5.57 Å². The summed E-state index contributed by atoms with van der Waals surface area (Å²) in [6.45, 7) is 14.2. The highest BCUT2D eigenvalue weighted by Gasteiger charge is 2.25. The van der Waals surface area contributed by atoms with Crippen LogP contribution in [0, 0.1) is 0 Å². The van der Waals surface area contributed by atoms with Crippen molar-refractivity contribution in [2.24, 2.45) is 0 Å². The standard InChI is InChI=1S/C15H25N3O/c1-11(2)10-14(13(4)16-5)15(19)18-9-8-17-7-6-12(18)3/h10,12,16-17H,1,4,6-9H2,2-3,5H3/b14-10+. The molecule has 1 fully saturated rings. The van der Waals surface area contributed by atoms with Crippen LogP contribution < -0.4 is 10.6 Å². The fraction of sp³-hybridized carbons (Fsp3) is 0.533. The normalized spacial score (nSPS) is 20.7. The van der Waals surface area contributed by atoms with Gasteiger partial charge in [0.15, 0.2) is 0 Å². The molecule has 0 aromatic heterocycles. The largest absolute Gasteiger partial charge is 0.388 e. The van der Waals surface area contributed by atoms with Crippen molar-refractivity contribution in [2.75, 3.05) is 26.7 Å². The number of likely N-dealkylation sites (N-methyl/N-ethyl adjacent to an activating group) is 1. The van der Waals surface area contributed by atoms with Crippen LogP contribution in [-0.4, -0.2) is 43.5 Å². The molecule has 0 saturated carbocycles. The van der Waals surface area contributed by atoms with Crippen molar-refractivity contribution in [1.29, 1.82) is 0 Å². The van der Waals surface area contributed by atoms with E-state index in [9.17, 15) is 4.79 Å². The molecule has 1 unspecified atom stereocenters. The molecule has 1 saturated heterocycles. The van der Waals surface area contributed by atoms with E-state index in [1.807, 2.05) is 11.8 Å². The van der Waals surface area contributed by atoms with Crippen LogP contribution in [0.4, 0.5) is 0 Å². The Hall–Kier alpha value is -1.55. The molecule has 2 N–H and O–H groups in total. The first kappa shape index (κ1) is 15.5. The Balaban J connectivity index is 2.98. The summed E-state index contributed by atoms with van der Waals surface area (Å²) in [5.41, 5.74) is 2.08. The molecular weight excluding hydrogens is 238 g/mol. The minimum Gasteiger partial charge on any atom is -0.388 e. The Morgan fingerprint density at radius 2 is 2.11 bits per heavy atom. The van der Waals surface area contributed by atoms with Crippen molar-refractivity contribution in [1.82, 2.24) is 15.5 Å². The summed E-state index contributed by atoms with van der Waals surface area (Å²) in [4.78, 5) is 14.6. The van der Waals surface area contributed by atoms with E-state index in [4.69, 9.17) is 0 Å². The summed E-state index contributed by atoms with van der Waals surface area (Å²) in [6, 6.07) is 0.237. The number of hydrogen-bond acceptors (Lipinski definition) is 3. The van der Waals surface area contributed by atoms with Gasteiger partial charge in [-0.15, -0.1) is 0 Å². The highest BCUT2D eigenvalue weighted by Crippen LogP contribution is 2.16. The Kier molecular flexibility index (Phi) is 5.83. The molecular formula is C15H25N3O. The quantitative estimate of drug-likeness (QED) is 0.596. The fourth-order valence-corrected chi connectivity index (χ4v) is 2.13. The lowest BCUT2D eigenvalue weighted by Gasteiger charge is -2.28. The lowest BCUT2D eigenvalue weighted by atomic mass is 10.1. The van der Waals surface area contributed by atoms with Gasteiger partial charge in [-0.25, -0.2) is 0 Å². The fourth-order valence-electron chi connectivity index (χ4n) is 2.13. The predicted molar refractivity (Wildman–Crippen MR) is 79.8 cm³/mol. The molecule has 0 aliphatic carbocycles. The third-order valence-electron chi connectivity index (χ3n) is 3.31. The molecule has 0 bridgehead atoms. The summed E-state index contributed by atoms with van der Waals surface area (Å²) >= 11 is 0. The van der Waals surface area contributed by atoms with Crippen LogP contribution in [0.15, 0.2) is 36.1 Å². The van der Waals surface area contributed by atoms with E-state index in [0.29, 0.717) is 11.3 Å². The van der Waals surface area contributed by atoms with Gasteiger partial charge in [-0.1, -0.05) is 18.7 Å². The van der Waals surface area contributed by atoms with E-state index in [2.05, 4.69) is 30.7 Å². The number of hydrogen-bond donors (Lipinski definition) is 2. The highest BCUT2D eigenvalue weighted by molar-refractivity contribution is 5.98. The van der Waals surface area contributed by atoms with E-state index < -0.39 is 0 Å². The number of nitrogens with zero attached hydrogens (tertiary/aromatic N) is 1. The van der Waals surface area contributed by atoms with Crippen molar-refractivity contribution >= 4 is 5.91 Å². The molecule has 1 rings (SSSR count). The number of carbonyl (C=O) groups excluding carboxylic acids is 1. The molecule has 1 aliphatic heterocycles. The van der Waals surface area contributed by atoms with Gasteiger partial charge in [-0.05, 0) is 32.9 Å². The van der Waals surface area contributed by atoms with Crippen LogP contribution in [0.25, 0.3) is 0 Å². The van der Waals surface area contributed by atoms with Crippen LogP contribution in [-0.2, 0) is 4.79 Å². The molecule has 0 spiro atoms. The molecule has 106 valence electrons. The maximum Gasteiger partial charge on any atom is 0.256 e. The SMILES string of the molecule is C=C(C)/C=C(\C(=C)NC)C(=O)N1CCNCCC1C. The first-order chi connectivity index (χ1) is 8.97. The van der Waals surface area contributed by atoms with Gasteiger partial charge in [0.2, 0.25) is 0 Å². The molecule has 1 heterocycles. The number of carbonyl (C=O) groups is 1. The lowest BCUT2D eigenvalue weighted by molar-refractivity contribution is -0.128. The van der Waals surface area contributed by atoms with Gasteiger partial charge in [0.25, 0.3) is 5.91 Å². The highest BCUT2D eigenvalue weighted by atomic mass is 16.2. The number of rotatable bonds is 4. The smallest absolute Gasteiger partial charge is 0.256 e. The summed E-state index contributed by atoms with van der Waals surface area (Å²) in [6.07, 6.45) is 2.77. The van der Waals surface area contributed by atoms with E-state index >= 15 is 0 Å². The molecule has 0 aromatic rings. The minimum absolute atomic E-state index is 0.0264. The minimum atomic E-state index is 0.0264. The second-order valence-corrected chi connectivity index (χ2v) is 5.02.